The number of hydrogen-bond acceptors (Lipinski definition) is 9. The van der Waals surface area contributed by atoms with E-state index in [4.69, 9.17) is 17.2 Å². The summed E-state index contributed by atoms with van der Waals surface area (Å²) in [4.78, 5) is 71.5. The van der Waals surface area contributed by atoms with Gasteiger partial charge in [0.05, 0.1) is 12.5 Å². The average Bonchev–Trinajstić information content (AvgIpc) is 2.78. The first-order valence-corrected chi connectivity index (χ1v) is 12.4. The van der Waals surface area contributed by atoms with E-state index in [9.17, 15) is 39.0 Å². The zero-order valence-corrected chi connectivity index (χ0v) is 20.5. The van der Waals surface area contributed by atoms with Gasteiger partial charge in [-0.1, -0.05) is 0 Å². The Morgan fingerprint density at radius 1 is 0.829 bits per heavy atom. The number of hydrogen-bond donors (Lipinski definition) is 8. The molecule has 4 atom stereocenters. The van der Waals surface area contributed by atoms with Gasteiger partial charge in [-0.15, -0.1) is 0 Å². The number of nitrogens with two attached hydrogens (primary N) is 3. The predicted octanol–water partition coefficient (Wildman–Crippen LogP) is -2.52. The Morgan fingerprint density at radius 3 is 1.91 bits per heavy atom. The number of thioether (sulfide) groups is 1. The Kier molecular flexibility index (Phi) is 16.1. The first kappa shape index (κ1) is 32.1. The second kappa shape index (κ2) is 17.5. The van der Waals surface area contributed by atoms with Crippen molar-refractivity contribution in [2.24, 2.45) is 17.2 Å². The molecular weight excluding hydrogens is 484 g/mol. The quantitative estimate of drug-likeness (QED) is 0.0824. The van der Waals surface area contributed by atoms with E-state index in [0.29, 0.717) is 25.1 Å². The second-order valence-corrected chi connectivity index (χ2v) is 8.78. The van der Waals surface area contributed by atoms with Crippen molar-refractivity contribution in [2.45, 2.75) is 69.1 Å². The van der Waals surface area contributed by atoms with E-state index >= 15 is 0 Å². The van der Waals surface area contributed by atoms with E-state index in [1.807, 2.05) is 0 Å². The van der Waals surface area contributed by atoms with Gasteiger partial charge in [0, 0.05) is 6.42 Å². The Bertz CT molecular complexity index is 753. The summed E-state index contributed by atoms with van der Waals surface area (Å²) in [6, 6.07) is -5.15. The maximum Gasteiger partial charge on any atom is 0.326 e. The summed E-state index contributed by atoms with van der Waals surface area (Å²) in [5, 5.41) is 25.5. The number of primary amides is 1. The molecule has 0 aliphatic rings. The van der Waals surface area contributed by atoms with Crippen LogP contribution in [0.1, 0.15) is 44.9 Å². The Balaban J connectivity index is 5.41. The van der Waals surface area contributed by atoms with E-state index in [1.54, 1.807) is 6.26 Å². The van der Waals surface area contributed by atoms with Crippen molar-refractivity contribution >= 4 is 47.3 Å². The smallest absolute Gasteiger partial charge is 0.326 e. The minimum absolute atomic E-state index is 0.0389. The number of carboxylic acids is 2. The van der Waals surface area contributed by atoms with Gasteiger partial charge >= 0.3 is 11.9 Å². The minimum Gasteiger partial charge on any atom is -0.481 e. The molecule has 0 aromatic carbocycles. The highest BCUT2D eigenvalue weighted by Gasteiger charge is 2.31. The molecule has 0 spiro atoms. The molecule has 200 valence electrons. The van der Waals surface area contributed by atoms with Crippen LogP contribution in [0.4, 0.5) is 0 Å². The third-order valence-corrected chi connectivity index (χ3v) is 5.50. The number of rotatable bonds is 19. The van der Waals surface area contributed by atoms with Crippen molar-refractivity contribution < 1.29 is 39.0 Å². The summed E-state index contributed by atoms with van der Waals surface area (Å²) in [5.41, 5.74) is 16.2. The molecule has 0 saturated heterocycles. The molecule has 0 saturated carbocycles. The first-order valence-electron chi connectivity index (χ1n) is 11.0. The summed E-state index contributed by atoms with van der Waals surface area (Å²) in [5.74, 6) is -5.48. The van der Waals surface area contributed by atoms with Crippen LogP contribution in [0.3, 0.4) is 0 Å². The molecule has 4 unspecified atom stereocenters. The fourth-order valence-electron chi connectivity index (χ4n) is 2.89. The molecule has 0 aliphatic carbocycles. The summed E-state index contributed by atoms with van der Waals surface area (Å²) in [6.07, 6.45) is 1.95. The van der Waals surface area contributed by atoms with Crippen molar-refractivity contribution in [3.8, 4) is 0 Å². The molecule has 0 fully saturated rings. The number of nitrogens with one attached hydrogen (secondary N) is 3. The Labute approximate surface area is 207 Å². The third kappa shape index (κ3) is 14.2. The van der Waals surface area contributed by atoms with Crippen LogP contribution >= 0.6 is 11.8 Å². The lowest BCUT2D eigenvalue weighted by Crippen LogP contribution is -2.57. The second-order valence-electron chi connectivity index (χ2n) is 7.80. The van der Waals surface area contributed by atoms with Gasteiger partial charge in [0.2, 0.25) is 23.6 Å². The average molecular weight is 521 g/mol. The van der Waals surface area contributed by atoms with E-state index < -0.39 is 66.2 Å². The van der Waals surface area contributed by atoms with E-state index in [-0.39, 0.29) is 25.7 Å². The summed E-state index contributed by atoms with van der Waals surface area (Å²) in [7, 11) is 0. The Morgan fingerprint density at radius 2 is 1.40 bits per heavy atom. The molecule has 0 aliphatic heterocycles. The zero-order chi connectivity index (χ0) is 27.0. The van der Waals surface area contributed by atoms with Crippen molar-refractivity contribution in [1.29, 1.82) is 0 Å². The topological polar surface area (TPSA) is 257 Å². The summed E-state index contributed by atoms with van der Waals surface area (Å²) < 4.78 is 0. The van der Waals surface area contributed by atoms with Gasteiger partial charge in [0.1, 0.15) is 18.1 Å². The third-order valence-electron chi connectivity index (χ3n) is 4.86. The van der Waals surface area contributed by atoms with Gasteiger partial charge in [-0.2, -0.15) is 11.8 Å². The molecule has 0 radical (unpaired) electrons. The van der Waals surface area contributed by atoms with E-state index in [1.165, 1.54) is 11.8 Å². The standard InChI is InChI=1S/C20H36N6O8S/c1-35-9-7-12(24-17(30)11(22)5-6-15(23)27)18(31)26-14(10-16(28)29)19(32)25-13(20(33)34)4-2-3-8-21/h11-14H,2-10,21-22H2,1H3,(H2,23,27)(H,24,30)(H,25,32)(H,26,31)(H,28,29)(H,33,34). The lowest BCUT2D eigenvalue weighted by atomic mass is 10.1. The monoisotopic (exact) mass is 520 g/mol. The number of unbranched alkanes of at least 4 members (excludes halogenated alkanes) is 1. The van der Waals surface area contributed by atoms with Gasteiger partial charge in [0.15, 0.2) is 0 Å². The molecule has 0 bridgehead atoms. The van der Waals surface area contributed by atoms with Gasteiger partial charge < -0.3 is 43.4 Å². The van der Waals surface area contributed by atoms with Crippen LogP contribution in [-0.4, -0.2) is 88.5 Å². The maximum absolute atomic E-state index is 12.8. The molecule has 0 aromatic heterocycles. The predicted molar refractivity (Wildman–Crippen MR) is 128 cm³/mol. The molecule has 0 heterocycles. The molecule has 4 amide bonds. The van der Waals surface area contributed by atoms with Crippen molar-refractivity contribution in [3.63, 3.8) is 0 Å². The molecule has 0 rings (SSSR count). The lowest BCUT2D eigenvalue weighted by Gasteiger charge is -2.24. The normalized spacial score (nSPS) is 14.1. The van der Waals surface area contributed by atoms with Crippen LogP contribution in [0.25, 0.3) is 0 Å². The molecule has 14 nitrogen and oxygen atoms in total. The number of carbonyl (C=O) groups is 6. The molecular formula is C20H36N6O8S. The minimum atomic E-state index is -1.59. The van der Waals surface area contributed by atoms with Crippen LogP contribution in [0.5, 0.6) is 0 Å². The number of carbonyl (C=O) groups excluding carboxylic acids is 4. The molecule has 15 heteroatoms. The zero-order valence-electron chi connectivity index (χ0n) is 19.7. The van der Waals surface area contributed by atoms with Gasteiger partial charge in [-0.3, -0.25) is 24.0 Å². The van der Waals surface area contributed by atoms with Crippen LogP contribution < -0.4 is 33.2 Å². The number of carboxylic acid groups (broad SMARTS) is 2. The van der Waals surface area contributed by atoms with Crippen molar-refractivity contribution in [3.05, 3.63) is 0 Å². The molecule has 0 aromatic rings. The number of amides is 4. The summed E-state index contributed by atoms with van der Waals surface area (Å²) >= 11 is 1.38. The Hall–Kier alpha value is -2.91. The van der Waals surface area contributed by atoms with E-state index in [0.717, 1.165) is 0 Å². The maximum atomic E-state index is 12.8. The van der Waals surface area contributed by atoms with Crippen LogP contribution in [0.15, 0.2) is 0 Å². The lowest BCUT2D eigenvalue weighted by molar-refractivity contribution is -0.143. The fraction of sp³-hybridized carbons (Fsp3) is 0.700. The first-order chi connectivity index (χ1) is 16.4. The molecule has 11 N–H and O–H groups in total. The highest BCUT2D eigenvalue weighted by Crippen LogP contribution is 2.06. The van der Waals surface area contributed by atoms with Crippen LogP contribution in [0.2, 0.25) is 0 Å². The molecule has 35 heavy (non-hydrogen) atoms. The van der Waals surface area contributed by atoms with Crippen LogP contribution in [0, 0.1) is 0 Å². The highest BCUT2D eigenvalue weighted by atomic mass is 32.2. The van der Waals surface area contributed by atoms with Gasteiger partial charge in [0.25, 0.3) is 0 Å². The van der Waals surface area contributed by atoms with Crippen molar-refractivity contribution in [2.75, 3.05) is 18.6 Å². The van der Waals surface area contributed by atoms with Gasteiger partial charge in [-0.25, -0.2) is 4.79 Å². The van der Waals surface area contributed by atoms with Crippen molar-refractivity contribution in [1.82, 2.24) is 16.0 Å². The fourth-order valence-corrected chi connectivity index (χ4v) is 3.36. The summed E-state index contributed by atoms with van der Waals surface area (Å²) in [6.45, 7) is 0.341. The van der Waals surface area contributed by atoms with Crippen LogP contribution in [-0.2, 0) is 28.8 Å². The number of aliphatic carboxylic acids is 2. The SMILES string of the molecule is CSCCC(NC(=O)C(N)CCC(N)=O)C(=O)NC(CC(=O)O)C(=O)NC(CCCCN)C(=O)O. The van der Waals surface area contributed by atoms with Gasteiger partial charge in [-0.05, 0) is 50.7 Å². The highest BCUT2D eigenvalue weighted by molar-refractivity contribution is 7.98. The largest absolute Gasteiger partial charge is 0.481 e. The van der Waals surface area contributed by atoms with E-state index in [2.05, 4.69) is 16.0 Å².